The summed E-state index contributed by atoms with van der Waals surface area (Å²) in [5.74, 6) is -0.353. The van der Waals surface area contributed by atoms with Gasteiger partial charge in [0.2, 0.25) is 0 Å². The standard InChI is InChI=1S/C7H9BrO2/c1-3-6(8)5-7(9)10-4-2/h3,5H,1,4H2,2H3. The van der Waals surface area contributed by atoms with Crippen LogP contribution in [0.2, 0.25) is 0 Å². The summed E-state index contributed by atoms with van der Waals surface area (Å²) < 4.78 is 5.25. The van der Waals surface area contributed by atoms with E-state index in [2.05, 4.69) is 27.2 Å². The van der Waals surface area contributed by atoms with Gasteiger partial charge in [-0.3, -0.25) is 0 Å². The zero-order valence-electron chi connectivity index (χ0n) is 5.76. The number of halogens is 1. The number of ether oxygens (including phenoxy) is 1. The minimum absolute atomic E-state index is 0.353. The van der Waals surface area contributed by atoms with Gasteiger partial charge in [-0.2, -0.15) is 0 Å². The third-order valence-electron chi connectivity index (χ3n) is 0.737. The molecule has 0 aliphatic rings. The molecule has 0 fully saturated rings. The van der Waals surface area contributed by atoms with Gasteiger partial charge in [0.15, 0.2) is 0 Å². The van der Waals surface area contributed by atoms with E-state index in [9.17, 15) is 4.79 Å². The third kappa shape index (κ3) is 4.32. The van der Waals surface area contributed by atoms with E-state index < -0.39 is 0 Å². The van der Waals surface area contributed by atoms with Gasteiger partial charge in [0.1, 0.15) is 0 Å². The van der Waals surface area contributed by atoms with E-state index in [4.69, 9.17) is 0 Å². The molecule has 0 unspecified atom stereocenters. The Hall–Kier alpha value is -0.570. The van der Waals surface area contributed by atoms with Crippen LogP contribution in [-0.4, -0.2) is 12.6 Å². The van der Waals surface area contributed by atoms with Crippen LogP contribution in [-0.2, 0) is 9.53 Å². The number of esters is 1. The van der Waals surface area contributed by atoms with E-state index in [0.29, 0.717) is 11.1 Å². The predicted molar refractivity (Wildman–Crippen MR) is 43.8 cm³/mol. The predicted octanol–water partition coefficient (Wildman–Crippen LogP) is 2.01. The van der Waals surface area contributed by atoms with Crippen molar-refractivity contribution in [2.75, 3.05) is 6.61 Å². The fourth-order valence-electron chi connectivity index (χ4n) is 0.355. The number of hydrogen-bond donors (Lipinski definition) is 0. The molecule has 0 atom stereocenters. The molecule has 0 aromatic carbocycles. The van der Waals surface area contributed by atoms with Gasteiger partial charge in [-0.25, -0.2) is 4.79 Å². The molecular formula is C7H9BrO2. The van der Waals surface area contributed by atoms with Crippen LogP contribution >= 0.6 is 15.9 Å². The van der Waals surface area contributed by atoms with Crippen molar-refractivity contribution in [1.29, 1.82) is 0 Å². The normalized spacial score (nSPS) is 10.8. The first-order valence-corrected chi connectivity index (χ1v) is 3.66. The lowest BCUT2D eigenvalue weighted by molar-refractivity contribution is -0.137. The molecule has 0 rings (SSSR count). The molecule has 0 aliphatic heterocycles. The minimum Gasteiger partial charge on any atom is -0.463 e. The second-order valence-electron chi connectivity index (χ2n) is 1.49. The Bertz CT molecular complexity index is 161. The number of carbonyl (C=O) groups is 1. The summed E-state index contributed by atoms with van der Waals surface area (Å²) in [6.07, 6.45) is 2.85. The highest BCUT2D eigenvalue weighted by atomic mass is 79.9. The summed E-state index contributed by atoms with van der Waals surface area (Å²) in [5.41, 5.74) is 0. The van der Waals surface area contributed by atoms with Crippen molar-refractivity contribution in [2.45, 2.75) is 6.92 Å². The maximum Gasteiger partial charge on any atom is 0.331 e. The van der Waals surface area contributed by atoms with Crippen molar-refractivity contribution in [3.8, 4) is 0 Å². The number of allylic oxidation sites excluding steroid dienone is 2. The Balaban J connectivity index is 3.86. The summed E-state index contributed by atoms with van der Waals surface area (Å²) in [7, 11) is 0. The smallest absolute Gasteiger partial charge is 0.331 e. The molecular weight excluding hydrogens is 196 g/mol. The van der Waals surface area contributed by atoms with Crippen LogP contribution in [0, 0.1) is 0 Å². The van der Waals surface area contributed by atoms with Crippen molar-refractivity contribution in [2.24, 2.45) is 0 Å². The van der Waals surface area contributed by atoms with Crippen LogP contribution in [0.3, 0.4) is 0 Å². The lowest BCUT2D eigenvalue weighted by Crippen LogP contribution is -1.99. The highest BCUT2D eigenvalue weighted by Crippen LogP contribution is 2.04. The molecule has 0 N–H and O–H groups in total. The highest BCUT2D eigenvalue weighted by Gasteiger charge is 1.94. The molecule has 0 aromatic rings. The molecule has 10 heavy (non-hydrogen) atoms. The van der Waals surface area contributed by atoms with Crippen molar-refractivity contribution in [1.82, 2.24) is 0 Å². The molecule has 0 aliphatic carbocycles. The van der Waals surface area contributed by atoms with Gasteiger partial charge in [0.25, 0.3) is 0 Å². The van der Waals surface area contributed by atoms with Gasteiger partial charge >= 0.3 is 5.97 Å². The van der Waals surface area contributed by atoms with Gasteiger partial charge < -0.3 is 4.74 Å². The molecule has 0 saturated carbocycles. The first kappa shape index (κ1) is 9.43. The van der Waals surface area contributed by atoms with Crippen LogP contribution in [0.15, 0.2) is 23.2 Å². The van der Waals surface area contributed by atoms with Gasteiger partial charge in [-0.15, -0.1) is 0 Å². The largest absolute Gasteiger partial charge is 0.463 e. The lowest BCUT2D eigenvalue weighted by atomic mass is 10.5. The second-order valence-corrected chi connectivity index (χ2v) is 2.40. The molecule has 0 radical (unpaired) electrons. The summed E-state index contributed by atoms with van der Waals surface area (Å²) in [5, 5.41) is 0. The van der Waals surface area contributed by atoms with E-state index >= 15 is 0 Å². The van der Waals surface area contributed by atoms with E-state index in [-0.39, 0.29) is 5.97 Å². The minimum atomic E-state index is -0.353. The molecule has 0 bridgehead atoms. The average Bonchev–Trinajstić information content (AvgIpc) is 1.88. The Morgan fingerprint density at radius 3 is 2.80 bits per heavy atom. The van der Waals surface area contributed by atoms with Gasteiger partial charge in [-0.05, 0) is 6.92 Å². The SMILES string of the molecule is C=CC(Br)=CC(=O)OCC. The van der Waals surface area contributed by atoms with E-state index in [0.717, 1.165) is 0 Å². The number of hydrogen-bond acceptors (Lipinski definition) is 2. The zero-order chi connectivity index (χ0) is 7.98. The van der Waals surface area contributed by atoms with Crippen molar-refractivity contribution in [3.05, 3.63) is 23.2 Å². The molecule has 0 amide bonds. The Labute approximate surface area is 68.7 Å². The summed E-state index contributed by atoms with van der Waals surface area (Å²) in [4.78, 5) is 10.6. The molecule has 0 aromatic heterocycles. The average molecular weight is 205 g/mol. The lowest BCUT2D eigenvalue weighted by Gasteiger charge is -1.94. The number of rotatable bonds is 3. The molecule has 0 heterocycles. The van der Waals surface area contributed by atoms with E-state index in [1.165, 1.54) is 12.2 Å². The number of carbonyl (C=O) groups excluding carboxylic acids is 1. The van der Waals surface area contributed by atoms with Crippen molar-refractivity contribution in [3.63, 3.8) is 0 Å². The van der Waals surface area contributed by atoms with Crippen molar-refractivity contribution >= 4 is 21.9 Å². The van der Waals surface area contributed by atoms with Crippen molar-refractivity contribution < 1.29 is 9.53 Å². The topological polar surface area (TPSA) is 26.3 Å². The molecule has 56 valence electrons. The quantitative estimate of drug-likeness (QED) is 0.400. The second kappa shape index (κ2) is 5.23. The summed E-state index contributed by atoms with van der Waals surface area (Å²) >= 11 is 3.09. The first-order valence-electron chi connectivity index (χ1n) is 2.87. The maximum atomic E-state index is 10.6. The third-order valence-corrected chi connectivity index (χ3v) is 1.29. The fraction of sp³-hybridized carbons (Fsp3) is 0.286. The van der Waals surface area contributed by atoms with Crippen LogP contribution in [0.25, 0.3) is 0 Å². The highest BCUT2D eigenvalue weighted by molar-refractivity contribution is 9.11. The summed E-state index contributed by atoms with van der Waals surface area (Å²) in [6.45, 7) is 5.60. The van der Waals surface area contributed by atoms with Crippen LogP contribution in [0.4, 0.5) is 0 Å². The molecule has 0 saturated heterocycles. The van der Waals surface area contributed by atoms with E-state index in [1.807, 2.05) is 0 Å². The van der Waals surface area contributed by atoms with Gasteiger partial charge in [-0.1, -0.05) is 28.6 Å². The van der Waals surface area contributed by atoms with Gasteiger partial charge in [0, 0.05) is 10.6 Å². The van der Waals surface area contributed by atoms with Crippen LogP contribution in [0.5, 0.6) is 0 Å². The molecule has 2 nitrogen and oxygen atoms in total. The van der Waals surface area contributed by atoms with Gasteiger partial charge in [0.05, 0.1) is 6.61 Å². The zero-order valence-corrected chi connectivity index (χ0v) is 7.35. The molecule has 3 heteroatoms. The Kier molecular flexibility index (Phi) is 4.94. The maximum absolute atomic E-state index is 10.6. The van der Waals surface area contributed by atoms with Crippen LogP contribution in [0.1, 0.15) is 6.92 Å². The summed E-state index contributed by atoms with van der Waals surface area (Å²) in [6, 6.07) is 0. The fourth-order valence-corrected chi connectivity index (χ4v) is 0.542. The van der Waals surface area contributed by atoms with Crippen LogP contribution < -0.4 is 0 Å². The van der Waals surface area contributed by atoms with E-state index in [1.54, 1.807) is 6.92 Å². The first-order chi connectivity index (χ1) is 4.70. The monoisotopic (exact) mass is 204 g/mol. The Morgan fingerprint density at radius 1 is 1.80 bits per heavy atom. The Morgan fingerprint density at radius 2 is 2.40 bits per heavy atom. The molecule has 0 spiro atoms.